The minimum Gasteiger partial charge on any atom is -0.358 e. The number of benzene rings is 1. The van der Waals surface area contributed by atoms with Crippen molar-refractivity contribution in [2.24, 2.45) is 0 Å². The van der Waals surface area contributed by atoms with Gasteiger partial charge >= 0.3 is 0 Å². The highest BCUT2D eigenvalue weighted by Crippen LogP contribution is 2.47. The Morgan fingerprint density at radius 1 is 1.27 bits per heavy atom. The molecule has 0 aliphatic heterocycles. The van der Waals surface area contributed by atoms with E-state index in [1.165, 1.54) is 35.0 Å². The minimum absolute atomic E-state index is 0.450. The Bertz CT molecular complexity index is 503. The maximum atomic E-state index is 3.55. The molecule has 0 atom stereocenters. The van der Waals surface area contributed by atoms with Gasteiger partial charge in [-0.05, 0) is 48.4 Å². The number of aryl methyl sites for hydroxylation is 1. The van der Waals surface area contributed by atoms with Crippen LogP contribution in [0.1, 0.15) is 37.9 Å². The topological polar surface area (TPSA) is 15.8 Å². The smallest absolute Gasteiger partial charge is 0.0456 e. The van der Waals surface area contributed by atoms with Crippen LogP contribution in [0.25, 0.3) is 10.9 Å². The van der Waals surface area contributed by atoms with Crippen LogP contribution < -0.4 is 0 Å². The Labute approximate surface area is 90.5 Å². The third-order valence-corrected chi connectivity index (χ3v) is 3.74. The standard InChI is InChI=1S/C14H17N/c1-3-10-4-5-12-11(8-10)9-13(15-12)14(2)6-7-14/h4-5,8-9,15H,3,6-7H2,1-2H3. The molecule has 0 amide bonds. The third kappa shape index (κ3) is 1.38. The molecule has 1 fully saturated rings. The van der Waals surface area contributed by atoms with Gasteiger partial charge in [0.1, 0.15) is 0 Å². The Balaban J connectivity index is 2.13. The molecular formula is C14H17N. The molecule has 0 unspecified atom stereocenters. The number of hydrogen-bond donors (Lipinski definition) is 1. The number of rotatable bonds is 2. The van der Waals surface area contributed by atoms with Crippen LogP contribution in [0.15, 0.2) is 24.3 Å². The van der Waals surface area contributed by atoms with Gasteiger partial charge in [0.15, 0.2) is 0 Å². The summed E-state index contributed by atoms with van der Waals surface area (Å²) in [5, 5.41) is 1.37. The Kier molecular flexibility index (Phi) is 1.73. The van der Waals surface area contributed by atoms with Crippen LogP contribution in [-0.2, 0) is 11.8 Å². The summed E-state index contributed by atoms with van der Waals surface area (Å²) in [4.78, 5) is 3.55. The Morgan fingerprint density at radius 3 is 2.73 bits per heavy atom. The highest BCUT2D eigenvalue weighted by molar-refractivity contribution is 5.81. The maximum absolute atomic E-state index is 3.55. The second-order valence-corrected chi connectivity index (χ2v) is 5.02. The van der Waals surface area contributed by atoms with Gasteiger partial charge in [-0.1, -0.05) is 19.9 Å². The van der Waals surface area contributed by atoms with Crippen molar-refractivity contribution in [3.63, 3.8) is 0 Å². The quantitative estimate of drug-likeness (QED) is 0.757. The molecule has 1 N–H and O–H groups in total. The van der Waals surface area contributed by atoms with E-state index in [1.54, 1.807) is 0 Å². The molecule has 0 spiro atoms. The molecule has 1 aliphatic carbocycles. The van der Waals surface area contributed by atoms with Gasteiger partial charge < -0.3 is 4.98 Å². The molecule has 1 aromatic carbocycles. The summed E-state index contributed by atoms with van der Waals surface area (Å²) in [6.45, 7) is 4.55. The van der Waals surface area contributed by atoms with Crippen LogP contribution in [-0.4, -0.2) is 4.98 Å². The lowest BCUT2D eigenvalue weighted by atomic mass is 10.1. The zero-order chi connectivity index (χ0) is 10.5. The van der Waals surface area contributed by atoms with E-state index in [-0.39, 0.29) is 0 Å². The van der Waals surface area contributed by atoms with Gasteiger partial charge in [-0.25, -0.2) is 0 Å². The van der Waals surface area contributed by atoms with Crippen LogP contribution in [0.4, 0.5) is 0 Å². The lowest BCUT2D eigenvalue weighted by Crippen LogP contribution is -1.98. The van der Waals surface area contributed by atoms with Gasteiger partial charge in [-0.15, -0.1) is 0 Å². The van der Waals surface area contributed by atoms with Crippen molar-refractivity contribution in [3.05, 3.63) is 35.5 Å². The van der Waals surface area contributed by atoms with Crippen molar-refractivity contribution in [1.29, 1.82) is 0 Å². The fraction of sp³-hybridized carbons (Fsp3) is 0.429. The van der Waals surface area contributed by atoms with Gasteiger partial charge in [0.2, 0.25) is 0 Å². The van der Waals surface area contributed by atoms with Crippen molar-refractivity contribution in [3.8, 4) is 0 Å². The summed E-state index contributed by atoms with van der Waals surface area (Å²) in [5.41, 5.74) is 4.58. The van der Waals surface area contributed by atoms with Crippen LogP contribution in [0.2, 0.25) is 0 Å². The largest absolute Gasteiger partial charge is 0.358 e. The molecular weight excluding hydrogens is 182 g/mol. The second kappa shape index (κ2) is 2.88. The van der Waals surface area contributed by atoms with E-state index in [0.717, 1.165) is 6.42 Å². The van der Waals surface area contributed by atoms with Crippen molar-refractivity contribution < 1.29 is 0 Å². The fourth-order valence-corrected chi connectivity index (χ4v) is 2.18. The van der Waals surface area contributed by atoms with E-state index < -0.39 is 0 Å². The summed E-state index contributed by atoms with van der Waals surface area (Å²) in [6.07, 6.45) is 3.79. The van der Waals surface area contributed by atoms with E-state index in [4.69, 9.17) is 0 Å². The summed E-state index contributed by atoms with van der Waals surface area (Å²) in [5.74, 6) is 0. The van der Waals surface area contributed by atoms with Gasteiger partial charge in [0.05, 0.1) is 0 Å². The predicted octanol–water partition coefficient (Wildman–Crippen LogP) is 3.78. The zero-order valence-corrected chi connectivity index (χ0v) is 9.43. The average Bonchev–Trinajstić information content (AvgIpc) is 2.85. The molecule has 2 aromatic rings. The molecule has 1 aliphatic rings. The number of fused-ring (bicyclic) bond motifs is 1. The average molecular weight is 199 g/mol. The van der Waals surface area contributed by atoms with E-state index >= 15 is 0 Å². The highest BCUT2D eigenvalue weighted by Gasteiger charge is 2.40. The first-order chi connectivity index (χ1) is 7.21. The predicted molar refractivity (Wildman–Crippen MR) is 64.3 cm³/mol. The zero-order valence-electron chi connectivity index (χ0n) is 9.43. The molecule has 78 valence electrons. The van der Waals surface area contributed by atoms with E-state index in [2.05, 4.69) is 43.1 Å². The first kappa shape index (κ1) is 9.02. The first-order valence-electron chi connectivity index (χ1n) is 5.83. The number of nitrogens with one attached hydrogen (secondary N) is 1. The second-order valence-electron chi connectivity index (χ2n) is 5.02. The van der Waals surface area contributed by atoms with Gasteiger partial charge in [-0.3, -0.25) is 0 Å². The van der Waals surface area contributed by atoms with Gasteiger partial charge in [-0.2, -0.15) is 0 Å². The van der Waals surface area contributed by atoms with E-state index in [9.17, 15) is 0 Å². The fourth-order valence-electron chi connectivity index (χ4n) is 2.18. The van der Waals surface area contributed by atoms with Crippen LogP contribution in [0, 0.1) is 0 Å². The van der Waals surface area contributed by atoms with Crippen molar-refractivity contribution in [2.75, 3.05) is 0 Å². The van der Waals surface area contributed by atoms with Crippen molar-refractivity contribution in [2.45, 2.75) is 38.5 Å². The number of aromatic nitrogens is 1. The molecule has 1 saturated carbocycles. The summed E-state index contributed by atoms with van der Waals surface area (Å²) < 4.78 is 0. The summed E-state index contributed by atoms with van der Waals surface area (Å²) in [6, 6.07) is 9.07. The van der Waals surface area contributed by atoms with Gasteiger partial charge in [0, 0.05) is 16.6 Å². The molecule has 1 heteroatoms. The van der Waals surface area contributed by atoms with Crippen LogP contribution in [0.3, 0.4) is 0 Å². The normalized spacial score (nSPS) is 18.3. The Morgan fingerprint density at radius 2 is 2.07 bits per heavy atom. The molecule has 1 nitrogen and oxygen atoms in total. The molecule has 3 rings (SSSR count). The minimum atomic E-state index is 0.450. The van der Waals surface area contributed by atoms with Crippen molar-refractivity contribution >= 4 is 10.9 Å². The summed E-state index contributed by atoms with van der Waals surface area (Å²) >= 11 is 0. The molecule has 0 radical (unpaired) electrons. The van der Waals surface area contributed by atoms with Crippen LogP contribution in [0.5, 0.6) is 0 Å². The summed E-state index contributed by atoms with van der Waals surface area (Å²) in [7, 11) is 0. The lowest BCUT2D eigenvalue weighted by Gasteiger charge is -2.02. The SMILES string of the molecule is CCc1ccc2[nH]c(C3(C)CC3)cc2c1. The number of aromatic amines is 1. The lowest BCUT2D eigenvalue weighted by molar-refractivity contribution is 0.761. The maximum Gasteiger partial charge on any atom is 0.0456 e. The van der Waals surface area contributed by atoms with Crippen molar-refractivity contribution in [1.82, 2.24) is 4.98 Å². The first-order valence-corrected chi connectivity index (χ1v) is 5.83. The third-order valence-electron chi connectivity index (χ3n) is 3.74. The Hall–Kier alpha value is -1.24. The molecule has 0 bridgehead atoms. The van der Waals surface area contributed by atoms with Crippen LogP contribution >= 0.6 is 0 Å². The molecule has 0 saturated heterocycles. The number of hydrogen-bond acceptors (Lipinski definition) is 0. The molecule has 1 aromatic heterocycles. The molecule has 1 heterocycles. The molecule has 15 heavy (non-hydrogen) atoms. The highest BCUT2D eigenvalue weighted by atomic mass is 14.8. The van der Waals surface area contributed by atoms with E-state index in [0.29, 0.717) is 5.41 Å². The van der Waals surface area contributed by atoms with Gasteiger partial charge in [0.25, 0.3) is 0 Å². The monoisotopic (exact) mass is 199 g/mol. The van der Waals surface area contributed by atoms with E-state index in [1.807, 2.05) is 0 Å². The number of H-pyrrole nitrogens is 1.